The number of carbonyl (C=O) groups is 1. The molecule has 0 fully saturated rings. The predicted octanol–water partition coefficient (Wildman–Crippen LogP) is 3.75. The highest BCUT2D eigenvalue weighted by Crippen LogP contribution is 2.27. The fraction of sp³-hybridized carbons (Fsp3) is 0.267. The zero-order chi connectivity index (χ0) is 13.7. The van der Waals surface area contributed by atoms with Crippen molar-refractivity contribution in [2.45, 2.75) is 13.3 Å². The maximum Gasteiger partial charge on any atom is 0.247 e. The molecule has 0 saturated heterocycles. The van der Waals surface area contributed by atoms with Crippen molar-refractivity contribution in [1.29, 1.82) is 0 Å². The molecule has 0 atom stereocenters. The van der Waals surface area contributed by atoms with E-state index in [9.17, 15) is 4.79 Å². The van der Waals surface area contributed by atoms with Gasteiger partial charge in [-0.1, -0.05) is 36.4 Å². The van der Waals surface area contributed by atoms with Gasteiger partial charge in [-0.15, -0.1) is 11.6 Å². The molecule has 2 aromatic carbocycles. The van der Waals surface area contributed by atoms with Gasteiger partial charge in [0.1, 0.15) is 0 Å². The summed E-state index contributed by atoms with van der Waals surface area (Å²) in [5.74, 6) is 0.368. The molecule has 0 heterocycles. The Kier molecular flexibility index (Phi) is 4.77. The number of anilines is 1. The van der Waals surface area contributed by atoms with Gasteiger partial charge < -0.3 is 0 Å². The lowest BCUT2D eigenvalue weighted by Crippen LogP contribution is -2.29. The normalized spacial score (nSPS) is 10.6. The first-order chi connectivity index (χ1) is 9.24. The third-order valence-corrected chi connectivity index (χ3v) is 3.04. The van der Waals surface area contributed by atoms with Crippen LogP contribution in [0.4, 0.5) is 5.69 Å². The van der Waals surface area contributed by atoms with E-state index < -0.39 is 0 Å². The minimum atomic E-state index is -0.147. The topological polar surface area (TPSA) is 29.5 Å². The van der Waals surface area contributed by atoms with Crippen LogP contribution < -0.4 is 5.06 Å². The van der Waals surface area contributed by atoms with Crippen molar-refractivity contribution in [3.63, 3.8) is 0 Å². The van der Waals surface area contributed by atoms with Gasteiger partial charge >= 0.3 is 0 Å². The number of carbonyl (C=O) groups excluding carboxylic acids is 1. The molecular formula is C15H16ClNO2. The summed E-state index contributed by atoms with van der Waals surface area (Å²) in [4.78, 5) is 17.3. The lowest BCUT2D eigenvalue weighted by Gasteiger charge is -2.21. The molecular weight excluding hydrogens is 262 g/mol. The van der Waals surface area contributed by atoms with Crippen LogP contribution in [-0.2, 0) is 9.63 Å². The Bertz CT molecular complexity index is 566. The zero-order valence-electron chi connectivity index (χ0n) is 10.8. The number of benzene rings is 2. The Morgan fingerprint density at radius 2 is 1.95 bits per heavy atom. The van der Waals surface area contributed by atoms with Crippen LogP contribution in [0.15, 0.2) is 42.5 Å². The Morgan fingerprint density at radius 3 is 2.68 bits per heavy atom. The summed E-state index contributed by atoms with van der Waals surface area (Å²) in [5, 5.41) is 3.41. The summed E-state index contributed by atoms with van der Waals surface area (Å²) >= 11 is 5.62. The smallest absolute Gasteiger partial charge is 0.247 e. The van der Waals surface area contributed by atoms with Crippen LogP contribution in [0, 0.1) is 0 Å². The second kappa shape index (κ2) is 6.55. The molecule has 2 rings (SSSR count). The largest absolute Gasteiger partial charge is 0.273 e. The van der Waals surface area contributed by atoms with Crippen LogP contribution >= 0.6 is 11.6 Å². The van der Waals surface area contributed by atoms with Crippen molar-refractivity contribution in [2.24, 2.45) is 0 Å². The minimum Gasteiger partial charge on any atom is -0.273 e. The van der Waals surface area contributed by atoms with Crippen LogP contribution in [0.5, 0.6) is 0 Å². The number of alkyl halides is 1. The maximum absolute atomic E-state index is 11.8. The van der Waals surface area contributed by atoms with E-state index in [0.29, 0.717) is 18.9 Å². The highest BCUT2D eigenvalue weighted by molar-refractivity contribution is 6.17. The van der Waals surface area contributed by atoms with E-state index in [1.807, 2.05) is 42.5 Å². The van der Waals surface area contributed by atoms with Gasteiger partial charge in [-0.2, -0.15) is 5.06 Å². The summed E-state index contributed by atoms with van der Waals surface area (Å²) in [6.45, 7) is 1.91. The maximum atomic E-state index is 11.8. The molecule has 2 aromatic rings. The first-order valence-corrected chi connectivity index (χ1v) is 6.75. The van der Waals surface area contributed by atoms with E-state index in [1.165, 1.54) is 12.0 Å². The summed E-state index contributed by atoms with van der Waals surface area (Å²) in [7, 11) is 0. The average molecular weight is 278 g/mol. The summed E-state index contributed by atoms with van der Waals surface area (Å²) < 4.78 is 0. The molecule has 0 spiro atoms. The Labute approximate surface area is 117 Å². The van der Waals surface area contributed by atoms with E-state index in [4.69, 9.17) is 16.4 Å². The Balaban J connectivity index is 2.36. The number of hydrogen-bond donors (Lipinski definition) is 0. The third-order valence-electron chi connectivity index (χ3n) is 2.77. The summed E-state index contributed by atoms with van der Waals surface area (Å²) in [5.41, 5.74) is 0.764. The number of hydroxylamine groups is 1. The van der Waals surface area contributed by atoms with E-state index in [2.05, 4.69) is 0 Å². The van der Waals surface area contributed by atoms with Gasteiger partial charge in [-0.25, -0.2) is 0 Å². The molecule has 100 valence electrons. The van der Waals surface area contributed by atoms with E-state index in [-0.39, 0.29) is 5.91 Å². The SMILES string of the molecule is CC(=O)N(OCCCCl)c1cccc2ccccc12. The fourth-order valence-electron chi connectivity index (χ4n) is 1.93. The second-order valence-electron chi connectivity index (χ2n) is 4.19. The average Bonchev–Trinajstić information content (AvgIpc) is 2.43. The van der Waals surface area contributed by atoms with Crippen molar-refractivity contribution < 1.29 is 9.63 Å². The van der Waals surface area contributed by atoms with Crippen LogP contribution in [0.25, 0.3) is 10.8 Å². The second-order valence-corrected chi connectivity index (χ2v) is 4.57. The molecule has 0 aromatic heterocycles. The van der Waals surface area contributed by atoms with E-state index >= 15 is 0 Å². The van der Waals surface area contributed by atoms with Crippen LogP contribution in [0.3, 0.4) is 0 Å². The molecule has 19 heavy (non-hydrogen) atoms. The third kappa shape index (κ3) is 3.25. The van der Waals surface area contributed by atoms with E-state index in [0.717, 1.165) is 16.5 Å². The number of nitrogens with zero attached hydrogens (tertiary/aromatic N) is 1. The van der Waals surface area contributed by atoms with Crippen molar-refractivity contribution in [3.05, 3.63) is 42.5 Å². The van der Waals surface area contributed by atoms with Crippen LogP contribution in [0.2, 0.25) is 0 Å². The fourth-order valence-corrected chi connectivity index (χ4v) is 2.03. The molecule has 3 nitrogen and oxygen atoms in total. The highest BCUT2D eigenvalue weighted by Gasteiger charge is 2.14. The highest BCUT2D eigenvalue weighted by atomic mass is 35.5. The number of fused-ring (bicyclic) bond motifs is 1. The molecule has 0 unspecified atom stereocenters. The van der Waals surface area contributed by atoms with Crippen molar-refractivity contribution >= 4 is 34.0 Å². The number of amides is 1. The van der Waals surface area contributed by atoms with E-state index in [1.54, 1.807) is 0 Å². The molecule has 0 N–H and O–H groups in total. The molecule has 0 saturated carbocycles. The van der Waals surface area contributed by atoms with Gasteiger partial charge in [0.05, 0.1) is 12.3 Å². The lowest BCUT2D eigenvalue weighted by molar-refractivity contribution is -0.123. The van der Waals surface area contributed by atoms with Crippen molar-refractivity contribution in [3.8, 4) is 0 Å². The molecule has 4 heteroatoms. The Hall–Kier alpha value is -1.58. The number of halogens is 1. The van der Waals surface area contributed by atoms with Crippen LogP contribution in [-0.4, -0.2) is 18.4 Å². The quantitative estimate of drug-likeness (QED) is 0.473. The van der Waals surface area contributed by atoms with Gasteiger partial charge in [0.15, 0.2) is 0 Å². The zero-order valence-corrected chi connectivity index (χ0v) is 11.6. The molecule has 0 bridgehead atoms. The van der Waals surface area contributed by atoms with Gasteiger partial charge in [-0.05, 0) is 17.9 Å². The number of rotatable bonds is 5. The molecule has 0 aliphatic rings. The monoisotopic (exact) mass is 277 g/mol. The summed E-state index contributed by atoms with van der Waals surface area (Å²) in [6.07, 6.45) is 0.704. The van der Waals surface area contributed by atoms with Gasteiger partial charge in [-0.3, -0.25) is 9.63 Å². The van der Waals surface area contributed by atoms with Crippen molar-refractivity contribution in [1.82, 2.24) is 0 Å². The first-order valence-electron chi connectivity index (χ1n) is 6.21. The Morgan fingerprint density at radius 1 is 1.21 bits per heavy atom. The standard InChI is InChI=1S/C15H16ClNO2/c1-12(18)17(19-11-5-10-16)15-9-4-7-13-6-2-3-8-14(13)15/h2-4,6-9H,5,10-11H2,1H3. The molecule has 1 amide bonds. The number of hydrogen-bond acceptors (Lipinski definition) is 2. The predicted molar refractivity (Wildman–Crippen MR) is 78.4 cm³/mol. The van der Waals surface area contributed by atoms with Gasteiger partial charge in [0, 0.05) is 18.2 Å². The molecule has 0 aliphatic heterocycles. The van der Waals surface area contributed by atoms with Gasteiger partial charge in [0.2, 0.25) is 5.91 Å². The minimum absolute atomic E-state index is 0.147. The van der Waals surface area contributed by atoms with Crippen LogP contribution in [0.1, 0.15) is 13.3 Å². The summed E-state index contributed by atoms with van der Waals surface area (Å²) in [6, 6.07) is 13.7. The lowest BCUT2D eigenvalue weighted by atomic mass is 10.1. The molecule has 0 aliphatic carbocycles. The first kappa shape index (κ1) is 13.8. The van der Waals surface area contributed by atoms with Crippen molar-refractivity contribution in [2.75, 3.05) is 17.6 Å². The van der Waals surface area contributed by atoms with Gasteiger partial charge in [0.25, 0.3) is 0 Å². The molecule has 0 radical (unpaired) electrons.